The van der Waals surface area contributed by atoms with Gasteiger partial charge in [0, 0.05) is 12.6 Å². The summed E-state index contributed by atoms with van der Waals surface area (Å²) in [6.45, 7) is 7.16. The number of methoxy groups -OCH3 is 1. The first-order valence-corrected chi connectivity index (χ1v) is 12.6. The largest absolute Gasteiger partial charge is 0.467 e. The Bertz CT molecular complexity index is 975. The molecule has 0 spiro atoms. The summed E-state index contributed by atoms with van der Waals surface area (Å²) >= 11 is 0. The average molecular weight is 483 g/mol. The summed E-state index contributed by atoms with van der Waals surface area (Å²) in [4.78, 5) is 36.8. The minimum atomic E-state index is -3.76. The smallest absolute Gasteiger partial charge is 0.338 e. The maximum Gasteiger partial charge on any atom is 0.338 e. The number of sulfonamides is 1. The topological polar surface area (TPSA) is 119 Å². The summed E-state index contributed by atoms with van der Waals surface area (Å²) in [5, 5.41) is 2.51. The molecule has 1 heterocycles. The predicted molar refractivity (Wildman–Crippen MR) is 122 cm³/mol. The molecule has 1 aliphatic rings. The highest BCUT2D eigenvalue weighted by Gasteiger charge is 2.32. The van der Waals surface area contributed by atoms with Crippen LogP contribution in [0.2, 0.25) is 0 Å². The number of hydrogen-bond acceptors (Lipinski definition) is 7. The van der Waals surface area contributed by atoms with E-state index in [1.165, 1.54) is 23.5 Å². The maximum atomic E-state index is 13.1. The van der Waals surface area contributed by atoms with E-state index in [1.54, 1.807) is 13.0 Å². The molecule has 0 aromatic heterocycles. The quantitative estimate of drug-likeness (QED) is 0.537. The van der Waals surface area contributed by atoms with E-state index in [0.717, 1.165) is 19.3 Å². The summed E-state index contributed by atoms with van der Waals surface area (Å²) in [6, 6.07) is 3.36. The fraction of sp³-hybridized carbons (Fsp3) is 0.609. The zero-order valence-electron chi connectivity index (χ0n) is 19.9. The monoisotopic (exact) mass is 482 g/mol. The molecule has 2 unspecified atom stereocenters. The summed E-state index contributed by atoms with van der Waals surface area (Å²) in [6.07, 6.45) is 2.94. The molecule has 2 atom stereocenters. The Morgan fingerprint density at radius 2 is 1.91 bits per heavy atom. The molecule has 1 aromatic carbocycles. The van der Waals surface area contributed by atoms with Crippen molar-refractivity contribution in [1.29, 1.82) is 0 Å². The van der Waals surface area contributed by atoms with Crippen molar-refractivity contribution in [2.75, 3.05) is 20.3 Å². The van der Waals surface area contributed by atoms with Gasteiger partial charge in [-0.25, -0.2) is 18.0 Å². The van der Waals surface area contributed by atoms with E-state index in [9.17, 15) is 22.8 Å². The van der Waals surface area contributed by atoms with Crippen molar-refractivity contribution in [1.82, 2.24) is 9.62 Å². The molecule has 0 radical (unpaired) electrons. The van der Waals surface area contributed by atoms with E-state index in [4.69, 9.17) is 9.47 Å². The molecule has 10 heteroatoms. The molecule has 1 saturated heterocycles. The van der Waals surface area contributed by atoms with Crippen LogP contribution in [-0.2, 0) is 29.1 Å². The molecule has 0 saturated carbocycles. The van der Waals surface area contributed by atoms with Crippen molar-refractivity contribution in [3.05, 3.63) is 29.3 Å². The molecular formula is C23H34N2O7S. The van der Waals surface area contributed by atoms with Crippen molar-refractivity contribution in [3.63, 3.8) is 0 Å². The number of benzene rings is 1. The van der Waals surface area contributed by atoms with Gasteiger partial charge in [0.05, 0.1) is 17.6 Å². The number of nitrogens with one attached hydrogen (secondary N) is 1. The molecular weight excluding hydrogens is 448 g/mol. The molecule has 1 amide bonds. The van der Waals surface area contributed by atoms with Gasteiger partial charge in [-0.05, 0) is 56.7 Å². The molecule has 9 nitrogen and oxygen atoms in total. The normalized spacial score (nSPS) is 17.9. The Morgan fingerprint density at radius 1 is 1.21 bits per heavy atom. The van der Waals surface area contributed by atoms with Gasteiger partial charge in [-0.3, -0.25) is 4.79 Å². The minimum Gasteiger partial charge on any atom is -0.467 e. The number of hydrogen-bond donors (Lipinski definition) is 1. The van der Waals surface area contributed by atoms with E-state index >= 15 is 0 Å². The first-order valence-electron chi connectivity index (χ1n) is 11.1. The van der Waals surface area contributed by atoms with Gasteiger partial charge < -0.3 is 14.8 Å². The molecule has 1 fully saturated rings. The standard InChI is InChI=1S/C23H34N2O7S/c1-15(2)12-20(23(28)31-5)24-21(26)14-32-22(27)19-13-18(10-9-16(19)3)33(29,30)25-11-7-6-8-17(25)4/h9-10,13,15,17,20H,6-8,11-12,14H2,1-5H3,(H,24,26). The van der Waals surface area contributed by atoms with Gasteiger partial charge in [0.15, 0.2) is 6.61 Å². The number of piperidine rings is 1. The molecule has 2 rings (SSSR count). The van der Waals surface area contributed by atoms with Crippen LogP contribution in [0.15, 0.2) is 23.1 Å². The van der Waals surface area contributed by atoms with Gasteiger partial charge in [-0.2, -0.15) is 4.31 Å². The summed E-state index contributed by atoms with van der Waals surface area (Å²) in [7, 11) is -2.53. The third kappa shape index (κ3) is 7.01. The number of nitrogens with zero attached hydrogens (tertiary/aromatic N) is 1. The van der Waals surface area contributed by atoms with Crippen LogP contribution in [0.5, 0.6) is 0 Å². The van der Waals surface area contributed by atoms with Crippen molar-refractivity contribution < 1.29 is 32.3 Å². The number of ether oxygens (including phenoxy) is 2. The number of esters is 2. The van der Waals surface area contributed by atoms with Gasteiger partial charge in [0.1, 0.15) is 6.04 Å². The highest BCUT2D eigenvalue weighted by molar-refractivity contribution is 7.89. The van der Waals surface area contributed by atoms with Crippen molar-refractivity contribution in [2.24, 2.45) is 5.92 Å². The van der Waals surface area contributed by atoms with Crippen LogP contribution < -0.4 is 5.32 Å². The van der Waals surface area contributed by atoms with Gasteiger partial charge >= 0.3 is 11.9 Å². The molecule has 33 heavy (non-hydrogen) atoms. The third-order valence-corrected chi connectivity index (χ3v) is 7.65. The average Bonchev–Trinajstić information content (AvgIpc) is 2.76. The van der Waals surface area contributed by atoms with E-state index in [1.807, 2.05) is 20.8 Å². The highest BCUT2D eigenvalue weighted by atomic mass is 32.2. The fourth-order valence-electron chi connectivity index (χ4n) is 3.82. The Labute approximate surface area is 195 Å². The molecule has 1 aliphatic heterocycles. The van der Waals surface area contributed by atoms with Crippen LogP contribution in [0.4, 0.5) is 0 Å². The Morgan fingerprint density at radius 3 is 2.52 bits per heavy atom. The molecule has 184 valence electrons. The molecule has 0 aliphatic carbocycles. The molecule has 0 bridgehead atoms. The lowest BCUT2D eigenvalue weighted by Gasteiger charge is -2.32. The van der Waals surface area contributed by atoms with Crippen LogP contribution in [0.1, 0.15) is 62.4 Å². The predicted octanol–water partition coefficient (Wildman–Crippen LogP) is 2.42. The summed E-state index contributed by atoms with van der Waals surface area (Å²) in [5.74, 6) is -1.91. The number of aryl methyl sites for hydroxylation is 1. The SMILES string of the molecule is COC(=O)C(CC(C)C)NC(=O)COC(=O)c1cc(S(=O)(=O)N2CCCCC2C)ccc1C. The van der Waals surface area contributed by atoms with Gasteiger partial charge in [0.2, 0.25) is 10.0 Å². The number of carbonyl (C=O) groups excluding carboxylic acids is 3. The Hall–Kier alpha value is -2.46. The zero-order chi connectivity index (χ0) is 24.8. The van der Waals surface area contributed by atoms with Crippen LogP contribution in [0.3, 0.4) is 0 Å². The Kier molecular flexibility index (Phi) is 9.42. The molecule has 1 N–H and O–H groups in total. The van der Waals surface area contributed by atoms with E-state index in [-0.39, 0.29) is 22.4 Å². The van der Waals surface area contributed by atoms with Crippen molar-refractivity contribution >= 4 is 27.9 Å². The first-order chi connectivity index (χ1) is 15.5. The number of rotatable bonds is 9. The Balaban J connectivity index is 2.10. The lowest BCUT2D eigenvalue weighted by molar-refractivity contribution is -0.145. The lowest BCUT2D eigenvalue weighted by Crippen LogP contribution is -2.44. The second kappa shape index (κ2) is 11.6. The first kappa shape index (κ1) is 26.8. The minimum absolute atomic E-state index is 0.0148. The van der Waals surface area contributed by atoms with Gasteiger partial charge in [0.25, 0.3) is 5.91 Å². The van der Waals surface area contributed by atoms with Gasteiger partial charge in [-0.15, -0.1) is 0 Å². The van der Waals surface area contributed by atoms with Crippen molar-refractivity contribution in [2.45, 2.75) is 70.4 Å². The van der Waals surface area contributed by atoms with E-state index < -0.39 is 40.5 Å². The highest BCUT2D eigenvalue weighted by Crippen LogP contribution is 2.26. The summed E-state index contributed by atoms with van der Waals surface area (Å²) < 4.78 is 37.5. The number of amides is 1. The van der Waals surface area contributed by atoms with Gasteiger partial charge in [-0.1, -0.05) is 26.3 Å². The third-order valence-electron chi connectivity index (χ3n) is 5.64. The van der Waals surface area contributed by atoms with E-state index in [2.05, 4.69) is 5.32 Å². The second-order valence-corrected chi connectivity index (χ2v) is 10.7. The van der Waals surface area contributed by atoms with Crippen LogP contribution in [0, 0.1) is 12.8 Å². The van der Waals surface area contributed by atoms with E-state index in [0.29, 0.717) is 18.5 Å². The van der Waals surface area contributed by atoms with Crippen LogP contribution in [0.25, 0.3) is 0 Å². The summed E-state index contributed by atoms with van der Waals surface area (Å²) in [5.41, 5.74) is 0.596. The maximum absolute atomic E-state index is 13.1. The van der Waals surface area contributed by atoms with Crippen LogP contribution >= 0.6 is 0 Å². The lowest BCUT2D eigenvalue weighted by atomic mass is 10.0. The number of carbonyl (C=O) groups is 3. The zero-order valence-corrected chi connectivity index (χ0v) is 20.7. The molecule has 1 aromatic rings. The fourth-order valence-corrected chi connectivity index (χ4v) is 5.54. The van der Waals surface area contributed by atoms with Crippen LogP contribution in [-0.4, -0.2) is 62.9 Å². The van der Waals surface area contributed by atoms with Crippen molar-refractivity contribution in [3.8, 4) is 0 Å². The second-order valence-electron chi connectivity index (χ2n) is 8.79.